The van der Waals surface area contributed by atoms with E-state index >= 15 is 0 Å². The van der Waals surface area contributed by atoms with E-state index in [1.54, 1.807) is 7.05 Å². The molecular formula is C12H16N2O4. The molecule has 0 saturated heterocycles. The highest BCUT2D eigenvalue weighted by Crippen LogP contribution is 2.25. The maximum Gasteiger partial charge on any atom is 0.335 e. The van der Waals surface area contributed by atoms with Crippen LogP contribution in [0.3, 0.4) is 0 Å². The molecule has 6 heteroatoms. The van der Waals surface area contributed by atoms with E-state index in [-0.39, 0.29) is 11.5 Å². The molecule has 0 aromatic heterocycles. The Kier molecular flexibility index (Phi) is 5.13. The third-order valence-corrected chi connectivity index (χ3v) is 2.32. The van der Waals surface area contributed by atoms with Crippen molar-refractivity contribution in [2.24, 2.45) is 0 Å². The number of carbonyl (C=O) groups is 2. The highest BCUT2D eigenvalue weighted by Gasteiger charge is 2.11. The molecule has 1 rings (SSSR count). The number of amides is 1. The van der Waals surface area contributed by atoms with Crippen molar-refractivity contribution < 1.29 is 19.4 Å². The van der Waals surface area contributed by atoms with Crippen molar-refractivity contribution in [3.05, 3.63) is 23.8 Å². The summed E-state index contributed by atoms with van der Waals surface area (Å²) < 4.78 is 5.06. The fourth-order valence-electron chi connectivity index (χ4n) is 1.39. The number of benzene rings is 1. The lowest BCUT2D eigenvalue weighted by Crippen LogP contribution is -2.19. The first-order valence-corrected chi connectivity index (χ1v) is 5.44. The van der Waals surface area contributed by atoms with Gasteiger partial charge in [-0.05, 0) is 25.2 Å². The number of ether oxygens (including phenoxy) is 1. The van der Waals surface area contributed by atoms with Gasteiger partial charge >= 0.3 is 5.97 Å². The van der Waals surface area contributed by atoms with Crippen LogP contribution in [-0.2, 0) is 4.79 Å². The molecule has 0 spiro atoms. The van der Waals surface area contributed by atoms with E-state index in [1.807, 2.05) is 0 Å². The largest absolute Gasteiger partial charge is 0.495 e. The van der Waals surface area contributed by atoms with Crippen molar-refractivity contribution in [1.82, 2.24) is 5.32 Å². The third kappa shape index (κ3) is 3.74. The number of methoxy groups -OCH3 is 1. The van der Waals surface area contributed by atoms with Gasteiger partial charge in [0.15, 0.2) is 0 Å². The number of anilines is 1. The van der Waals surface area contributed by atoms with Gasteiger partial charge in [-0.1, -0.05) is 0 Å². The zero-order valence-corrected chi connectivity index (χ0v) is 10.3. The second kappa shape index (κ2) is 6.61. The minimum atomic E-state index is -1.05. The molecule has 0 aliphatic rings. The molecule has 0 bridgehead atoms. The van der Waals surface area contributed by atoms with Gasteiger partial charge < -0.3 is 20.5 Å². The van der Waals surface area contributed by atoms with Gasteiger partial charge in [-0.2, -0.15) is 0 Å². The molecule has 1 aromatic rings. The summed E-state index contributed by atoms with van der Waals surface area (Å²) in [5.74, 6) is -0.827. The monoisotopic (exact) mass is 252 g/mol. The zero-order chi connectivity index (χ0) is 13.5. The fraction of sp³-hybridized carbons (Fsp3) is 0.333. The van der Waals surface area contributed by atoms with Crippen LogP contribution in [0.15, 0.2) is 18.2 Å². The van der Waals surface area contributed by atoms with Crippen LogP contribution >= 0.6 is 0 Å². The number of carboxylic acid groups (broad SMARTS) is 1. The van der Waals surface area contributed by atoms with Crippen molar-refractivity contribution in [2.45, 2.75) is 6.42 Å². The lowest BCUT2D eigenvalue weighted by molar-refractivity contribution is -0.116. The Balaban J connectivity index is 2.87. The van der Waals surface area contributed by atoms with Gasteiger partial charge in [-0.3, -0.25) is 4.79 Å². The quantitative estimate of drug-likeness (QED) is 0.701. The van der Waals surface area contributed by atoms with Gasteiger partial charge in [0.25, 0.3) is 0 Å². The number of carboxylic acids is 1. The molecule has 6 nitrogen and oxygen atoms in total. The number of hydrogen-bond donors (Lipinski definition) is 3. The molecule has 1 amide bonds. The van der Waals surface area contributed by atoms with Crippen LogP contribution in [0.25, 0.3) is 0 Å². The predicted molar refractivity (Wildman–Crippen MR) is 67.1 cm³/mol. The Bertz CT molecular complexity index is 446. The van der Waals surface area contributed by atoms with Crippen LogP contribution < -0.4 is 15.4 Å². The molecule has 0 heterocycles. The van der Waals surface area contributed by atoms with Crippen LogP contribution in [0.4, 0.5) is 5.69 Å². The third-order valence-electron chi connectivity index (χ3n) is 2.32. The highest BCUT2D eigenvalue weighted by atomic mass is 16.5. The molecule has 0 atom stereocenters. The molecule has 0 saturated carbocycles. The van der Waals surface area contributed by atoms with Gasteiger partial charge in [0.2, 0.25) is 5.91 Å². The van der Waals surface area contributed by atoms with Gasteiger partial charge in [0.1, 0.15) is 5.75 Å². The summed E-state index contributed by atoms with van der Waals surface area (Å²) in [5.41, 5.74) is 0.457. The lowest BCUT2D eigenvalue weighted by Gasteiger charge is -2.10. The second-order valence-corrected chi connectivity index (χ2v) is 3.62. The number of carbonyl (C=O) groups excluding carboxylic acids is 1. The Hall–Kier alpha value is -2.08. The molecular weight excluding hydrogens is 236 g/mol. The molecule has 98 valence electrons. The second-order valence-electron chi connectivity index (χ2n) is 3.62. The van der Waals surface area contributed by atoms with E-state index in [9.17, 15) is 9.59 Å². The number of aromatic carboxylic acids is 1. The average molecular weight is 252 g/mol. The highest BCUT2D eigenvalue weighted by molar-refractivity contribution is 5.95. The van der Waals surface area contributed by atoms with Crippen molar-refractivity contribution in [3.63, 3.8) is 0 Å². The van der Waals surface area contributed by atoms with Crippen LogP contribution in [-0.4, -0.2) is 37.7 Å². The Morgan fingerprint density at radius 2 is 2.11 bits per heavy atom. The van der Waals surface area contributed by atoms with Gasteiger partial charge in [-0.25, -0.2) is 4.79 Å². The van der Waals surface area contributed by atoms with E-state index < -0.39 is 5.97 Å². The maximum atomic E-state index is 11.6. The summed E-state index contributed by atoms with van der Waals surface area (Å²) in [5, 5.41) is 14.4. The number of rotatable bonds is 6. The van der Waals surface area contributed by atoms with Gasteiger partial charge in [-0.15, -0.1) is 0 Å². The van der Waals surface area contributed by atoms with Crippen LogP contribution in [0.1, 0.15) is 16.8 Å². The molecule has 0 unspecified atom stereocenters. The topological polar surface area (TPSA) is 87.7 Å². The number of nitrogens with one attached hydrogen (secondary N) is 2. The van der Waals surface area contributed by atoms with Gasteiger partial charge in [0.05, 0.1) is 18.4 Å². The van der Waals surface area contributed by atoms with E-state index in [1.165, 1.54) is 25.3 Å². The minimum Gasteiger partial charge on any atom is -0.495 e. The average Bonchev–Trinajstić information content (AvgIpc) is 2.36. The molecule has 1 aromatic carbocycles. The maximum absolute atomic E-state index is 11.6. The van der Waals surface area contributed by atoms with E-state index in [4.69, 9.17) is 9.84 Å². The fourth-order valence-corrected chi connectivity index (χ4v) is 1.39. The molecule has 18 heavy (non-hydrogen) atoms. The summed E-state index contributed by atoms with van der Waals surface area (Å²) in [7, 11) is 3.21. The minimum absolute atomic E-state index is 0.0970. The smallest absolute Gasteiger partial charge is 0.335 e. The van der Waals surface area contributed by atoms with Crippen molar-refractivity contribution in [2.75, 3.05) is 26.0 Å². The number of hydrogen-bond acceptors (Lipinski definition) is 4. The Morgan fingerprint density at radius 3 is 2.67 bits per heavy atom. The van der Waals surface area contributed by atoms with E-state index in [0.29, 0.717) is 24.4 Å². The predicted octanol–water partition coefficient (Wildman–Crippen LogP) is 0.941. The lowest BCUT2D eigenvalue weighted by atomic mass is 10.2. The standard InChI is InChI=1S/C12H16N2O4/c1-13-6-5-11(15)14-9-7-8(12(16)17)3-4-10(9)18-2/h3-4,7,13H,5-6H2,1-2H3,(H,14,15)(H,16,17). The summed E-state index contributed by atoms with van der Waals surface area (Å²) in [4.78, 5) is 22.4. The zero-order valence-electron chi connectivity index (χ0n) is 10.3. The SMILES string of the molecule is CNCCC(=O)Nc1cc(C(=O)O)ccc1OC. The van der Waals surface area contributed by atoms with Crippen molar-refractivity contribution in [3.8, 4) is 5.75 Å². The summed E-state index contributed by atoms with van der Waals surface area (Å²) in [6.45, 7) is 0.548. The van der Waals surface area contributed by atoms with Crippen LogP contribution in [0.2, 0.25) is 0 Å². The molecule has 0 radical (unpaired) electrons. The molecule has 0 fully saturated rings. The van der Waals surface area contributed by atoms with E-state index in [2.05, 4.69) is 10.6 Å². The normalized spacial score (nSPS) is 9.89. The molecule has 0 aliphatic heterocycles. The first-order chi connectivity index (χ1) is 8.58. The first kappa shape index (κ1) is 14.0. The van der Waals surface area contributed by atoms with E-state index in [0.717, 1.165) is 0 Å². The van der Waals surface area contributed by atoms with Crippen LogP contribution in [0.5, 0.6) is 5.75 Å². The summed E-state index contributed by atoms with van der Waals surface area (Å²) in [6, 6.07) is 4.31. The van der Waals surface area contributed by atoms with Crippen molar-refractivity contribution >= 4 is 17.6 Å². The summed E-state index contributed by atoms with van der Waals surface area (Å²) in [6.07, 6.45) is 0.303. The van der Waals surface area contributed by atoms with Gasteiger partial charge in [0, 0.05) is 13.0 Å². The Labute approximate surface area is 105 Å². The van der Waals surface area contributed by atoms with Crippen molar-refractivity contribution in [1.29, 1.82) is 0 Å². The molecule has 0 aliphatic carbocycles. The Morgan fingerprint density at radius 1 is 1.39 bits per heavy atom. The van der Waals surface area contributed by atoms with Crippen LogP contribution in [0, 0.1) is 0 Å². The summed E-state index contributed by atoms with van der Waals surface area (Å²) >= 11 is 0. The first-order valence-electron chi connectivity index (χ1n) is 5.44. The molecule has 3 N–H and O–H groups in total.